The second-order valence-electron chi connectivity index (χ2n) is 7.32. The molecule has 5 rings (SSSR count). The fourth-order valence-electron chi connectivity index (χ4n) is 3.62. The van der Waals surface area contributed by atoms with Gasteiger partial charge in [-0.05, 0) is 41.8 Å². The van der Waals surface area contributed by atoms with E-state index in [-0.39, 0.29) is 0 Å². The first-order valence-electron chi connectivity index (χ1n) is 10.0. The average molecular weight is 387 g/mol. The van der Waals surface area contributed by atoms with Gasteiger partial charge in [-0.15, -0.1) is 5.10 Å². The molecule has 0 saturated heterocycles. The molecule has 0 aliphatic heterocycles. The van der Waals surface area contributed by atoms with Crippen LogP contribution in [-0.4, -0.2) is 14.8 Å². The van der Waals surface area contributed by atoms with Gasteiger partial charge in [0.2, 0.25) is 0 Å². The molecule has 0 bridgehead atoms. The average Bonchev–Trinajstić information content (AvgIpc) is 3.26. The van der Waals surface area contributed by atoms with Crippen LogP contribution in [0.5, 0.6) is 0 Å². The molecular formula is C27H21N3. The van der Waals surface area contributed by atoms with Gasteiger partial charge in [-0.2, -0.15) is 0 Å². The fourth-order valence-corrected chi connectivity index (χ4v) is 3.62. The third-order valence-electron chi connectivity index (χ3n) is 5.11. The van der Waals surface area contributed by atoms with E-state index in [1.807, 2.05) is 28.9 Å². The van der Waals surface area contributed by atoms with Crippen molar-refractivity contribution in [2.75, 3.05) is 0 Å². The van der Waals surface area contributed by atoms with Gasteiger partial charge in [0.1, 0.15) is 0 Å². The van der Waals surface area contributed by atoms with E-state index in [1.165, 1.54) is 11.1 Å². The number of aromatic nitrogens is 3. The normalized spacial score (nSPS) is 10.8. The minimum absolute atomic E-state index is 0.716. The maximum atomic E-state index is 4.94. The van der Waals surface area contributed by atoms with E-state index < -0.39 is 0 Å². The van der Waals surface area contributed by atoms with Crippen LogP contribution in [0.25, 0.3) is 39.6 Å². The summed E-state index contributed by atoms with van der Waals surface area (Å²) in [6.45, 7) is 2.09. The predicted molar refractivity (Wildman–Crippen MR) is 122 cm³/mol. The highest BCUT2D eigenvalue weighted by Crippen LogP contribution is 2.28. The van der Waals surface area contributed by atoms with Crippen molar-refractivity contribution in [2.24, 2.45) is 0 Å². The molecule has 0 radical (unpaired) electrons. The number of hydrogen-bond donors (Lipinski definition) is 0. The van der Waals surface area contributed by atoms with E-state index >= 15 is 0 Å². The highest BCUT2D eigenvalue weighted by Gasteiger charge is 2.15. The highest BCUT2D eigenvalue weighted by atomic mass is 15.4. The largest absolute Gasteiger partial charge is 0.213 e. The molecule has 0 unspecified atom stereocenters. The first-order chi connectivity index (χ1) is 14.8. The Morgan fingerprint density at radius 3 is 1.93 bits per heavy atom. The zero-order valence-corrected chi connectivity index (χ0v) is 16.7. The van der Waals surface area contributed by atoms with E-state index in [0.29, 0.717) is 5.82 Å². The molecule has 1 heterocycles. The van der Waals surface area contributed by atoms with Crippen molar-refractivity contribution in [2.45, 2.75) is 6.92 Å². The van der Waals surface area contributed by atoms with Gasteiger partial charge in [-0.1, -0.05) is 91.0 Å². The van der Waals surface area contributed by atoms with Gasteiger partial charge in [0.25, 0.3) is 0 Å². The topological polar surface area (TPSA) is 30.7 Å². The fraction of sp³-hybridized carbons (Fsp3) is 0.0370. The number of hydrogen-bond acceptors (Lipinski definition) is 2. The van der Waals surface area contributed by atoms with E-state index in [4.69, 9.17) is 10.1 Å². The molecule has 5 aromatic rings. The zero-order valence-electron chi connectivity index (χ0n) is 16.7. The second-order valence-corrected chi connectivity index (χ2v) is 7.32. The molecule has 4 aromatic carbocycles. The van der Waals surface area contributed by atoms with Gasteiger partial charge in [0, 0.05) is 11.1 Å². The van der Waals surface area contributed by atoms with Crippen LogP contribution in [0.1, 0.15) is 5.56 Å². The summed E-state index contributed by atoms with van der Waals surface area (Å²) in [4.78, 5) is 4.94. The Hall–Kier alpha value is -3.98. The lowest BCUT2D eigenvalue weighted by molar-refractivity contribution is 0.889. The van der Waals surface area contributed by atoms with E-state index in [9.17, 15) is 0 Å². The molecule has 1 aromatic heterocycles. The summed E-state index contributed by atoms with van der Waals surface area (Å²) in [5.74, 6) is 1.55. The van der Waals surface area contributed by atoms with Crippen LogP contribution in [-0.2, 0) is 0 Å². The third-order valence-corrected chi connectivity index (χ3v) is 5.11. The van der Waals surface area contributed by atoms with Gasteiger partial charge >= 0.3 is 0 Å². The first kappa shape index (κ1) is 18.1. The summed E-state index contributed by atoms with van der Waals surface area (Å²) in [6, 6.07) is 37.3. The molecule has 144 valence electrons. The van der Waals surface area contributed by atoms with Crippen molar-refractivity contribution >= 4 is 0 Å². The van der Waals surface area contributed by atoms with Crippen molar-refractivity contribution in [1.82, 2.24) is 14.8 Å². The lowest BCUT2D eigenvalue weighted by Gasteiger charge is -2.06. The molecule has 3 heteroatoms. The molecule has 0 fully saturated rings. The van der Waals surface area contributed by atoms with Crippen LogP contribution in [0.15, 0.2) is 109 Å². The quantitative estimate of drug-likeness (QED) is 0.349. The van der Waals surface area contributed by atoms with Crippen molar-refractivity contribution in [3.8, 4) is 39.6 Å². The number of rotatable bonds is 4. The van der Waals surface area contributed by atoms with Crippen LogP contribution in [0.2, 0.25) is 0 Å². The van der Waals surface area contributed by atoms with E-state index in [2.05, 4.69) is 91.9 Å². The molecule has 0 N–H and O–H groups in total. The van der Waals surface area contributed by atoms with Crippen molar-refractivity contribution < 1.29 is 0 Å². The van der Waals surface area contributed by atoms with Crippen LogP contribution in [0.3, 0.4) is 0 Å². The van der Waals surface area contributed by atoms with Gasteiger partial charge in [-0.3, -0.25) is 0 Å². The summed E-state index contributed by atoms with van der Waals surface area (Å²) in [7, 11) is 0. The Morgan fingerprint density at radius 1 is 0.567 bits per heavy atom. The zero-order chi connectivity index (χ0) is 20.3. The Morgan fingerprint density at radius 2 is 1.20 bits per heavy atom. The monoisotopic (exact) mass is 387 g/mol. The number of benzene rings is 4. The van der Waals surface area contributed by atoms with Gasteiger partial charge in [-0.25, -0.2) is 9.67 Å². The summed E-state index contributed by atoms with van der Waals surface area (Å²) in [5, 5.41) is 4.91. The second kappa shape index (κ2) is 7.80. The molecule has 0 aliphatic carbocycles. The molecule has 0 atom stereocenters. The highest BCUT2D eigenvalue weighted by molar-refractivity contribution is 5.71. The SMILES string of the molecule is Cc1cccc(-n2nc(-c3cccc(-c4ccccc4)c3)nc2-c2ccccc2)c1. The standard InChI is InChI=1S/C27H21N3/c1-20-10-8-17-25(18-20)30-27(22-13-6-3-7-14-22)28-26(29-30)24-16-9-15-23(19-24)21-11-4-2-5-12-21/h2-19H,1H3. The maximum absolute atomic E-state index is 4.94. The lowest BCUT2D eigenvalue weighted by Crippen LogP contribution is -2.00. The van der Waals surface area contributed by atoms with E-state index in [0.717, 1.165) is 28.2 Å². The van der Waals surface area contributed by atoms with Crippen LogP contribution in [0, 0.1) is 6.92 Å². The van der Waals surface area contributed by atoms with Gasteiger partial charge in [0.05, 0.1) is 5.69 Å². The van der Waals surface area contributed by atoms with Crippen molar-refractivity contribution in [1.29, 1.82) is 0 Å². The summed E-state index contributed by atoms with van der Waals surface area (Å²) in [5.41, 5.74) is 6.57. The van der Waals surface area contributed by atoms with Crippen molar-refractivity contribution in [3.05, 3.63) is 115 Å². The third kappa shape index (κ3) is 3.53. The van der Waals surface area contributed by atoms with Crippen LogP contribution in [0.4, 0.5) is 0 Å². The molecule has 0 spiro atoms. The maximum Gasteiger partial charge on any atom is 0.182 e. The Labute approximate surface area is 176 Å². The smallest absolute Gasteiger partial charge is 0.182 e. The number of aryl methyl sites for hydroxylation is 1. The number of nitrogens with zero attached hydrogens (tertiary/aromatic N) is 3. The van der Waals surface area contributed by atoms with Gasteiger partial charge in [0.15, 0.2) is 11.6 Å². The molecule has 0 aliphatic rings. The Bertz CT molecular complexity index is 1290. The molecule has 30 heavy (non-hydrogen) atoms. The summed E-state index contributed by atoms with van der Waals surface area (Å²) >= 11 is 0. The summed E-state index contributed by atoms with van der Waals surface area (Å²) < 4.78 is 1.94. The van der Waals surface area contributed by atoms with Crippen LogP contribution < -0.4 is 0 Å². The lowest BCUT2D eigenvalue weighted by atomic mass is 10.0. The summed E-state index contributed by atoms with van der Waals surface area (Å²) in [6.07, 6.45) is 0. The van der Waals surface area contributed by atoms with Crippen LogP contribution >= 0.6 is 0 Å². The van der Waals surface area contributed by atoms with E-state index in [1.54, 1.807) is 0 Å². The predicted octanol–water partition coefficient (Wildman–Crippen LogP) is 6.58. The molecule has 3 nitrogen and oxygen atoms in total. The molecular weight excluding hydrogens is 366 g/mol. The minimum atomic E-state index is 0.716. The first-order valence-corrected chi connectivity index (χ1v) is 10.0. The van der Waals surface area contributed by atoms with Gasteiger partial charge < -0.3 is 0 Å². The van der Waals surface area contributed by atoms with Crippen molar-refractivity contribution in [3.63, 3.8) is 0 Å². The Kier molecular flexibility index (Phi) is 4.70. The molecule has 0 amide bonds. The molecule has 0 saturated carbocycles. The minimum Gasteiger partial charge on any atom is -0.213 e. The Balaban J connectivity index is 1.66.